The third-order valence-electron chi connectivity index (χ3n) is 10.4. The molecular formula is C56H58O14. The van der Waals surface area contributed by atoms with Gasteiger partial charge in [0.25, 0.3) is 0 Å². The molecule has 5 rings (SSSR count). The summed E-state index contributed by atoms with van der Waals surface area (Å²) in [4.78, 5) is 74.3. The van der Waals surface area contributed by atoms with Gasteiger partial charge in [0.05, 0.1) is 48.7 Å². The number of ether oxygens (including phenoxy) is 8. The summed E-state index contributed by atoms with van der Waals surface area (Å²) >= 11 is 0. The summed E-state index contributed by atoms with van der Waals surface area (Å²) < 4.78 is 44.0. The molecule has 5 aromatic carbocycles. The highest BCUT2D eigenvalue weighted by atomic mass is 16.6. The number of carbonyl (C=O) groups is 6. The zero-order valence-corrected chi connectivity index (χ0v) is 39.7. The fourth-order valence-corrected chi connectivity index (χ4v) is 6.56. The summed E-state index contributed by atoms with van der Waals surface area (Å²) in [6.45, 7) is 14.3. The molecule has 14 heteroatoms. The van der Waals surface area contributed by atoms with Crippen LogP contribution in [0.15, 0.2) is 141 Å². The first kappa shape index (κ1) is 53.0. The van der Waals surface area contributed by atoms with Crippen molar-refractivity contribution in [2.24, 2.45) is 0 Å². The molecule has 0 aromatic heterocycles. The Morgan fingerprint density at radius 1 is 0.400 bits per heavy atom. The molecule has 0 aliphatic carbocycles. The second-order valence-corrected chi connectivity index (χ2v) is 16.8. The standard InChI is InChI=1S/C56H58O14/c1-6-50(57)65-36-14-10-8-12-34-63-43-24-16-39(17-25-43)52(59)67-45-28-20-41(21-29-45)54(61)69-47-32-33-49(48(38-47)56(3,4)5)70-55(62)42-22-30-46(31-23-42)68-53(60)40-18-26-44(27-19-40)64-35-13-9-11-15-37-66-51(58)7-2/h6-7,16-33,38H,1-2,8-15,34-37H2,3-5H3. The SMILES string of the molecule is C=CC(=O)OCCCCCCOc1ccc(C(=O)Oc2ccc(C(=O)Oc3ccc(OC(=O)c4ccc(OC(=O)c5ccc(OCCCCCCOC(=O)C=C)cc5)cc4)c(C(C)(C)C)c3)cc2)cc1. The molecule has 0 aliphatic heterocycles. The average Bonchev–Trinajstić information content (AvgIpc) is 3.36. The van der Waals surface area contributed by atoms with E-state index in [1.807, 2.05) is 20.8 Å². The summed E-state index contributed by atoms with van der Waals surface area (Å²) in [7, 11) is 0. The van der Waals surface area contributed by atoms with E-state index in [4.69, 9.17) is 37.9 Å². The lowest BCUT2D eigenvalue weighted by molar-refractivity contribution is -0.138. The van der Waals surface area contributed by atoms with Crippen molar-refractivity contribution in [2.45, 2.75) is 77.6 Å². The van der Waals surface area contributed by atoms with Crippen molar-refractivity contribution in [3.63, 3.8) is 0 Å². The third-order valence-corrected chi connectivity index (χ3v) is 10.4. The Labute approximate surface area is 408 Å². The fourth-order valence-electron chi connectivity index (χ4n) is 6.56. The topological polar surface area (TPSA) is 176 Å². The first-order valence-corrected chi connectivity index (χ1v) is 23.0. The van der Waals surface area contributed by atoms with Crippen LogP contribution in [-0.2, 0) is 24.5 Å². The zero-order valence-electron chi connectivity index (χ0n) is 39.7. The highest BCUT2D eigenvalue weighted by molar-refractivity contribution is 5.94. The number of carbonyl (C=O) groups excluding carboxylic acids is 6. The molecule has 70 heavy (non-hydrogen) atoms. The van der Waals surface area contributed by atoms with Gasteiger partial charge >= 0.3 is 35.8 Å². The minimum Gasteiger partial charge on any atom is -0.494 e. The smallest absolute Gasteiger partial charge is 0.343 e. The second-order valence-electron chi connectivity index (χ2n) is 16.8. The van der Waals surface area contributed by atoms with Gasteiger partial charge in [-0.3, -0.25) is 0 Å². The molecule has 0 amide bonds. The zero-order chi connectivity index (χ0) is 50.3. The molecule has 5 aromatic rings. The van der Waals surface area contributed by atoms with Gasteiger partial charge in [0.2, 0.25) is 0 Å². The number of rotatable bonds is 26. The summed E-state index contributed by atoms with van der Waals surface area (Å²) in [6, 6.07) is 29.8. The molecule has 0 atom stereocenters. The predicted octanol–water partition coefficient (Wildman–Crippen LogP) is 11.2. The third kappa shape index (κ3) is 17.6. The van der Waals surface area contributed by atoms with E-state index in [1.54, 1.807) is 60.7 Å². The van der Waals surface area contributed by atoms with Crippen molar-refractivity contribution in [3.8, 4) is 34.5 Å². The van der Waals surface area contributed by atoms with E-state index < -0.39 is 41.2 Å². The quantitative estimate of drug-likeness (QED) is 0.0221. The molecule has 0 radical (unpaired) electrons. The maximum absolute atomic E-state index is 13.3. The molecule has 0 unspecified atom stereocenters. The lowest BCUT2D eigenvalue weighted by Crippen LogP contribution is -2.17. The van der Waals surface area contributed by atoms with Crippen LogP contribution in [0.25, 0.3) is 0 Å². The molecule has 0 saturated carbocycles. The van der Waals surface area contributed by atoms with Crippen LogP contribution in [0.1, 0.15) is 119 Å². The Balaban J connectivity index is 1.05. The Morgan fingerprint density at radius 2 is 0.714 bits per heavy atom. The summed E-state index contributed by atoms with van der Waals surface area (Å²) in [5.74, 6) is -1.12. The number of hydrogen-bond donors (Lipinski definition) is 0. The Kier molecular flexibility index (Phi) is 20.5. The van der Waals surface area contributed by atoms with Crippen LogP contribution in [0.4, 0.5) is 0 Å². The molecule has 366 valence electrons. The fraction of sp³-hybridized carbons (Fsp3) is 0.286. The van der Waals surface area contributed by atoms with Crippen molar-refractivity contribution in [3.05, 3.63) is 168 Å². The molecule has 0 saturated heterocycles. The highest BCUT2D eigenvalue weighted by Gasteiger charge is 2.24. The molecule has 0 spiro atoms. The van der Waals surface area contributed by atoms with Crippen molar-refractivity contribution in [2.75, 3.05) is 26.4 Å². The summed E-state index contributed by atoms with van der Waals surface area (Å²) in [5, 5.41) is 0. The van der Waals surface area contributed by atoms with Gasteiger partial charge in [0.1, 0.15) is 34.5 Å². The van der Waals surface area contributed by atoms with Gasteiger partial charge in [0, 0.05) is 17.7 Å². The lowest BCUT2D eigenvalue weighted by atomic mass is 9.86. The number of benzene rings is 5. The molecule has 0 bridgehead atoms. The second kappa shape index (κ2) is 27.1. The van der Waals surface area contributed by atoms with E-state index in [2.05, 4.69) is 13.2 Å². The van der Waals surface area contributed by atoms with Crippen LogP contribution in [0.2, 0.25) is 0 Å². The van der Waals surface area contributed by atoms with E-state index >= 15 is 0 Å². The minimum absolute atomic E-state index is 0.213. The Morgan fingerprint density at radius 3 is 1.07 bits per heavy atom. The van der Waals surface area contributed by atoms with Gasteiger partial charge in [-0.2, -0.15) is 0 Å². The van der Waals surface area contributed by atoms with Gasteiger partial charge in [-0.05, 0) is 172 Å². The maximum Gasteiger partial charge on any atom is 0.343 e. The van der Waals surface area contributed by atoms with E-state index in [-0.39, 0.29) is 34.1 Å². The molecule has 14 nitrogen and oxygen atoms in total. The predicted molar refractivity (Wildman–Crippen MR) is 261 cm³/mol. The minimum atomic E-state index is -0.652. The Hall–Kier alpha value is -8.00. The molecule has 0 fully saturated rings. The number of unbranched alkanes of at least 4 members (excludes halogenated alkanes) is 6. The van der Waals surface area contributed by atoms with E-state index in [9.17, 15) is 28.8 Å². The van der Waals surface area contributed by atoms with Crippen molar-refractivity contribution in [1.29, 1.82) is 0 Å². The van der Waals surface area contributed by atoms with Crippen molar-refractivity contribution < 1.29 is 66.7 Å². The summed E-state index contributed by atoms with van der Waals surface area (Å²) in [6.07, 6.45) is 9.11. The number of hydrogen-bond acceptors (Lipinski definition) is 14. The van der Waals surface area contributed by atoms with Gasteiger partial charge < -0.3 is 37.9 Å². The largest absolute Gasteiger partial charge is 0.494 e. The average molecular weight is 955 g/mol. The number of esters is 6. The van der Waals surface area contributed by atoms with Crippen molar-refractivity contribution in [1.82, 2.24) is 0 Å². The van der Waals surface area contributed by atoms with Gasteiger partial charge in [0.15, 0.2) is 0 Å². The highest BCUT2D eigenvalue weighted by Crippen LogP contribution is 2.35. The molecule has 0 heterocycles. The van der Waals surface area contributed by atoms with Crippen LogP contribution in [0, 0.1) is 0 Å². The molecule has 0 N–H and O–H groups in total. The van der Waals surface area contributed by atoms with Crippen molar-refractivity contribution >= 4 is 35.8 Å². The van der Waals surface area contributed by atoms with E-state index in [0.717, 1.165) is 63.5 Å². The first-order chi connectivity index (χ1) is 33.7. The van der Waals surface area contributed by atoms with Gasteiger partial charge in [-0.1, -0.05) is 33.9 Å². The van der Waals surface area contributed by atoms with E-state index in [1.165, 1.54) is 54.6 Å². The van der Waals surface area contributed by atoms with E-state index in [0.29, 0.717) is 54.6 Å². The maximum atomic E-state index is 13.3. The van der Waals surface area contributed by atoms with Crippen LogP contribution in [-0.4, -0.2) is 62.2 Å². The monoisotopic (exact) mass is 954 g/mol. The van der Waals surface area contributed by atoms with Gasteiger partial charge in [-0.15, -0.1) is 0 Å². The first-order valence-electron chi connectivity index (χ1n) is 23.0. The summed E-state index contributed by atoms with van der Waals surface area (Å²) in [5.41, 5.74) is 1.14. The van der Waals surface area contributed by atoms with Crippen LogP contribution < -0.4 is 28.4 Å². The van der Waals surface area contributed by atoms with Crippen LogP contribution >= 0.6 is 0 Å². The molecule has 0 aliphatic rings. The molecular weight excluding hydrogens is 897 g/mol. The van der Waals surface area contributed by atoms with Gasteiger partial charge in [-0.25, -0.2) is 28.8 Å². The van der Waals surface area contributed by atoms with Crippen LogP contribution in [0.5, 0.6) is 34.5 Å². The normalized spacial score (nSPS) is 10.8. The van der Waals surface area contributed by atoms with Crippen LogP contribution in [0.3, 0.4) is 0 Å². The lowest BCUT2D eigenvalue weighted by Gasteiger charge is -2.23. The Bertz CT molecular complexity index is 2550.